The molecule has 1 aliphatic carbocycles. The number of amides is 1. The fourth-order valence-electron chi connectivity index (χ4n) is 1.67. The zero-order valence-corrected chi connectivity index (χ0v) is 7.20. The van der Waals surface area contributed by atoms with Gasteiger partial charge in [0.05, 0.1) is 0 Å². The van der Waals surface area contributed by atoms with Crippen LogP contribution in [0.3, 0.4) is 0 Å². The fourth-order valence-corrected chi connectivity index (χ4v) is 1.67. The number of hydrogen-bond acceptors (Lipinski definition) is 2. The molecule has 4 heteroatoms. The minimum absolute atomic E-state index is 0.0835. The van der Waals surface area contributed by atoms with Crippen molar-refractivity contribution in [1.29, 1.82) is 0 Å². The van der Waals surface area contributed by atoms with Crippen LogP contribution >= 0.6 is 0 Å². The van der Waals surface area contributed by atoms with Crippen molar-refractivity contribution in [3.8, 4) is 0 Å². The number of hydrogen-bond donors (Lipinski definition) is 2. The number of aliphatic carboxylic acids is 1. The lowest BCUT2D eigenvalue weighted by molar-refractivity contribution is -0.142. The Bertz CT molecular complexity index is 214. The highest BCUT2D eigenvalue weighted by Gasteiger charge is 2.61. The number of carbonyl (C=O) groups excluding carboxylic acids is 1. The summed E-state index contributed by atoms with van der Waals surface area (Å²) in [7, 11) is 0. The van der Waals surface area contributed by atoms with Gasteiger partial charge in [-0.2, -0.15) is 0 Å². The van der Waals surface area contributed by atoms with E-state index in [9.17, 15) is 9.59 Å². The molecule has 12 heavy (non-hydrogen) atoms. The summed E-state index contributed by atoms with van der Waals surface area (Å²) in [6.45, 7) is 3.92. The molecule has 1 aliphatic rings. The maximum Gasteiger partial charge on any atom is 0.329 e. The molecular weight excluding hydrogens is 158 g/mol. The molecular formula is C8H13NO3. The minimum Gasteiger partial charge on any atom is -0.479 e. The van der Waals surface area contributed by atoms with Crippen LogP contribution in [0.1, 0.15) is 20.3 Å². The molecule has 0 unspecified atom stereocenters. The molecule has 0 aromatic heterocycles. The summed E-state index contributed by atoms with van der Waals surface area (Å²) >= 11 is 0. The molecule has 1 amide bonds. The Morgan fingerprint density at radius 2 is 2.33 bits per heavy atom. The van der Waals surface area contributed by atoms with Crippen molar-refractivity contribution in [1.82, 2.24) is 5.32 Å². The minimum atomic E-state index is -0.962. The Hall–Kier alpha value is -1.06. The van der Waals surface area contributed by atoms with E-state index in [0.29, 0.717) is 18.7 Å². The van der Waals surface area contributed by atoms with Crippen LogP contribution in [-0.2, 0) is 9.59 Å². The highest BCUT2D eigenvalue weighted by Crippen LogP contribution is 2.48. The Kier molecular flexibility index (Phi) is 2.08. The van der Waals surface area contributed by atoms with Crippen molar-refractivity contribution < 1.29 is 14.7 Å². The summed E-state index contributed by atoms with van der Waals surface area (Å²) in [5.41, 5.74) is -0.962. The Labute approximate surface area is 71.0 Å². The summed E-state index contributed by atoms with van der Waals surface area (Å²) in [5.74, 6) is -0.540. The lowest BCUT2D eigenvalue weighted by atomic mass is 10.0. The predicted octanol–water partition coefficient (Wildman–Crippen LogP) is 0.232. The third kappa shape index (κ3) is 1.17. The van der Waals surface area contributed by atoms with Crippen molar-refractivity contribution in [3.05, 3.63) is 0 Å². The number of nitrogens with one attached hydrogen (secondary N) is 1. The largest absolute Gasteiger partial charge is 0.479 e. The van der Waals surface area contributed by atoms with Crippen LogP contribution in [0, 0.1) is 11.8 Å². The van der Waals surface area contributed by atoms with Crippen LogP contribution in [0.15, 0.2) is 0 Å². The van der Waals surface area contributed by atoms with Crippen LogP contribution < -0.4 is 5.32 Å². The number of carboxylic acid groups (broad SMARTS) is 1. The van der Waals surface area contributed by atoms with Crippen LogP contribution in [0.2, 0.25) is 0 Å². The summed E-state index contributed by atoms with van der Waals surface area (Å²) < 4.78 is 0. The SMILES string of the molecule is CC(C)[C@H]1C[C@]1(NC=O)C(=O)O. The fraction of sp³-hybridized carbons (Fsp3) is 0.750. The topological polar surface area (TPSA) is 66.4 Å². The molecule has 68 valence electrons. The van der Waals surface area contributed by atoms with Crippen molar-refractivity contribution >= 4 is 12.4 Å². The standard InChI is InChI=1S/C8H13NO3/c1-5(2)6-3-8(6,7(11)12)9-4-10/h4-6H,3H2,1-2H3,(H,9,10)(H,11,12)/t6-,8-/m1/s1. The molecule has 1 saturated carbocycles. The summed E-state index contributed by atoms with van der Waals surface area (Å²) in [5, 5.41) is 11.2. The lowest BCUT2D eigenvalue weighted by Crippen LogP contribution is -2.41. The van der Waals surface area contributed by atoms with E-state index in [-0.39, 0.29) is 5.92 Å². The Morgan fingerprint density at radius 3 is 2.58 bits per heavy atom. The van der Waals surface area contributed by atoms with Crippen LogP contribution in [0.25, 0.3) is 0 Å². The van der Waals surface area contributed by atoms with Gasteiger partial charge in [-0.3, -0.25) is 4.79 Å². The predicted molar refractivity (Wildman–Crippen MR) is 42.5 cm³/mol. The van der Waals surface area contributed by atoms with Crippen molar-refractivity contribution in [2.45, 2.75) is 25.8 Å². The summed E-state index contributed by atoms with van der Waals surface area (Å²) in [6.07, 6.45) is 1.02. The second kappa shape index (κ2) is 2.77. The highest BCUT2D eigenvalue weighted by molar-refractivity contribution is 5.85. The van der Waals surface area contributed by atoms with Gasteiger partial charge < -0.3 is 10.4 Å². The second-order valence-corrected chi connectivity index (χ2v) is 3.59. The van der Waals surface area contributed by atoms with Gasteiger partial charge in [0.2, 0.25) is 6.41 Å². The quantitative estimate of drug-likeness (QED) is 0.595. The second-order valence-electron chi connectivity index (χ2n) is 3.59. The van der Waals surface area contributed by atoms with Gasteiger partial charge in [0.15, 0.2) is 0 Å². The van der Waals surface area contributed by atoms with Crippen molar-refractivity contribution in [3.63, 3.8) is 0 Å². The Morgan fingerprint density at radius 1 is 1.75 bits per heavy atom. The molecule has 0 saturated heterocycles. The zero-order valence-electron chi connectivity index (χ0n) is 7.20. The van der Waals surface area contributed by atoms with Gasteiger partial charge in [0.25, 0.3) is 0 Å². The molecule has 0 bridgehead atoms. The molecule has 0 aromatic rings. The molecule has 1 fully saturated rings. The molecule has 0 aliphatic heterocycles. The molecule has 1 rings (SSSR count). The third-order valence-corrected chi connectivity index (χ3v) is 2.52. The maximum absolute atomic E-state index is 10.8. The average Bonchev–Trinajstić information content (AvgIpc) is 2.65. The number of carboxylic acids is 1. The van der Waals surface area contributed by atoms with E-state index in [2.05, 4.69) is 5.32 Å². The summed E-state index contributed by atoms with van der Waals surface area (Å²) in [6, 6.07) is 0. The van der Waals surface area contributed by atoms with E-state index in [1.807, 2.05) is 13.8 Å². The van der Waals surface area contributed by atoms with Crippen LogP contribution in [-0.4, -0.2) is 23.0 Å². The smallest absolute Gasteiger partial charge is 0.329 e. The van der Waals surface area contributed by atoms with Gasteiger partial charge in [-0.1, -0.05) is 13.8 Å². The van der Waals surface area contributed by atoms with Crippen molar-refractivity contribution in [2.75, 3.05) is 0 Å². The average molecular weight is 171 g/mol. The first kappa shape index (κ1) is 9.03. The first-order valence-electron chi connectivity index (χ1n) is 3.99. The lowest BCUT2D eigenvalue weighted by Gasteiger charge is -2.12. The first-order chi connectivity index (χ1) is 5.54. The van der Waals surface area contributed by atoms with E-state index in [0.717, 1.165) is 0 Å². The molecule has 0 radical (unpaired) electrons. The van der Waals surface area contributed by atoms with E-state index in [1.54, 1.807) is 0 Å². The Balaban J connectivity index is 2.68. The molecule has 0 spiro atoms. The normalized spacial score (nSPS) is 33.1. The zero-order chi connectivity index (χ0) is 9.35. The van der Waals surface area contributed by atoms with Crippen LogP contribution in [0.4, 0.5) is 0 Å². The van der Waals surface area contributed by atoms with Gasteiger partial charge in [0.1, 0.15) is 5.54 Å². The number of rotatable bonds is 4. The molecule has 2 atom stereocenters. The third-order valence-electron chi connectivity index (χ3n) is 2.52. The van der Waals surface area contributed by atoms with Gasteiger partial charge in [-0.25, -0.2) is 4.79 Å². The summed E-state index contributed by atoms with van der Waals surface area (Å²) in [4.78, 5) is 20.9. The van der Waals surface area contributed by atoms with Gasteiger partial charge >= 0.3 is 5.97 Å². The molecule has 2 N–H and O–H groups in total. The van der Waals surface area contributed by atoms with Gasteiger partial charge in [-0.05, 0) is 18.3 Å². The molecule has 4 nitrogen and oxygen atoms in total. The van der Waals surface area contributed by atoms with E-state index < -0.39 is 11.5 Å². The maximum atomic E-state index is 10.8. The monoisotopic (exact) mass is 171 g/mol. The van der Waals surface area contributed by atoms with E-state index in [1.165, 1.54) is 0 Å². The number of carbonyl (C=O) groups is 2. The van der Waals surface area contributed by atoms with E-state index in [4.69, 9.17) is 5.11 Å². The molecule has 0 heterocycles. The molecule has 0 aromatic carbocycles. The van der Waals surface area contributed by atoms with Gasteiger partial charge in [0, 0.05) is 0 Å². The van der Waals surface area contributed by atoms with Crippen molar-refractivity contribution in [2.24, 2.45) is 11.8 Å². The van der Waals surface area contributed by atoms with Crippen LogP contribution in [0.5, 0.6) is 0 Å². The van der Waals surface area contributed by atoms with Gasteiger partial charge in [-0.15, -0.1) is 0 Å². The van der Waals surface area contributed by atoms with E-state index >= 15 is 0 Å². The highest BCUT2D eigenvalue weighted by atomic mass is 16.4. The first-order valence-corrected chi connectivity index (χ1v) is 3.99.